The number of benzene rings is 2. The number of pyridine rings is 1. The predicted molar refractivity (Wildman–Crippen MR) is 122 cm³/mol. The molecule has 2 aliphatic rings. The summed E-state index contributed by atoms with van der Waals surface area (Å²) in [4.78, 5) is 8.48. The van der Waals surface area contributed by atoms with Crippen LogP contribution in [0.4, 0.5) is 10.1 Å². The number of nitrogens with zero attached hydrogens (tertiary/aromatic N) is 3. The Balaban J connectivity index is 1.32. The van der Waals surface area contributed by atoms with Gasteiger partial charge in [-0.15, -0.1) is 0 Å². The number of aromatic nitrogens is 1. The van der Waals surface area contributed by atoms with E-state index in [9.17, 15) is 9.50 Å². The second-order valence-corrected chi connectivity index (χ2v) is 8.71. The monoisotopic (exact) mass is 433 g/mol. The molecule has 0 spiro atoms. The number of aliphatic hydroxyl groups is 1. The normalized spacial score (nSPS) is 18.5. The van der Waals surface area contributed by atoms with Crippen LogP contribution in [0.15, 0.2) is 67.0 Å². The molecule has 0 bridgehead atoms. The molecule has 0 unspecified atom stereocenters. The minimum absolute atomic E-state index is 0.214. The van der Waals surface area contributed by atoms with Gasteiger partial charge in [0.25, 0.3) is 0 Å². The lowest BCUT2D eigenvalue weighted by Crippen LogP contribution is -2.43. The molecule has 3 heterocycles. The molecular formula is C26H28FN3O2. The lowest BCUT2D eigenvalue weighted by Gasteiger charge is -2.40. The quantitative estimate of drug-likeness (QED) is 0.671. The van der Waals surface area contributed by atoms with E-state index < -0.39 is 5.60 Å². The molecule has 5 rings (SSSR count). The Morgan fingerprint density at radius 3 is 2.56 bits per heavy atom. The molecule has 32 heavy (non-hydrogen) atoms. The van der Waals surface area contributed by atoms with Crippen molar-refractivity contribution in [1.29, 1.82) is 0 Å². The first kappa shape index (κ1) is 20.9. The first-order chi connectivity index (χ1) is 15.6. The van der Waals surface area contributed by atoms with E-state index >= 15 is 0 Å². The SMILES string of the molecule is OC1(c2ccc3c(c2)CN(Cc2ccncc2)CCO3)CCN(c2ccccc2F)CC1. The van der Waals surface area contributed by atoms with E-state index in [0.29, 0.717) is 38.2 Å². The molecule has 0 saturated carbocycles. The van der Waals surface area contributed by atoms with E-state index in [1.165, 1.54) is 11.6 Å². The molecule has 2 aromatic carbocycles. The average Bonchev–Trinajstić information content (AvgIpc) is 3.02. The summed E-state index contributed by atoms with van der Waals surface area (Å²) in [5.74, 6) is 0.674. The van der Waals surface area contributed by atoms with E-state index in [1.54, 1.807) is 12.1 Å². The molecule has 3 aromatic rings. The number of piperidine rings is 1. The van der Waals surface area contributed by atoms with Gasteiger partial charge in [-0.2, -0.15) is 0 Å². The summed E-state index contributed by atoms with van der Waals surface area (Å²) in [5, 5.41) is 11.5. The summed E-state index contributed by atoms with van der Waals surface area (Å²) in [6.07, 6.45) is 4.75. The summed E-state index contributed by atoms with van der Waals surface area (Å²) >= 11 is 0. The molecule has 5 nitrogen and oxygen atoms in total. The summed E-state index contributed by atoms with van der Waals surface area (Å²) in [5.41, 5.74) is 2.92. The number of halogens is 1. The fourth-order valence-electron chi connectivity index (χ4n) is 4.73. The van der Waals surface area contributed by atoms with Crippen molar-refractivity contribution in [3.63, 3.8) is 0 Å². The highest BCUT2D eigenvalue weighted by Gasteiger charge is 2.35. The maximum Gasteiger partial charge on any atom is 0.146 e. The number of ether oxygens (including phenoxy) is 1. The van der Waals surface area contributed by atoms with Gasteiger partial charge in [0.05, 0.1) is 11.3 Å². The fourth-order valence-corrected chi connectivity index (χ4v) is 4.73. The molecule has 166 valence electrons. The Bertz CT molecular complexity index is 1070. The first-order valence-corrected chi connectivity index (χ1v) is 11.2. The Labute approximate surface area is 188 Å². The lowest BCUT2D eigenvalue weighted by molar-refractivity contribution is 0.0115. The zero-order chi connectivity index (χ0) is 22.0. The van der Waals surface area contributed by atoms with Gasteiger partial charge < -0.3 is 14.7 Å². The van der Waals surface area contributed by atoms with Crippen molar-refractivity contribution in [2.45, 2.75) is 31.5 Å². The predicted octanol–water partition coefficient (Wildman–Crippen LogP) is 4.10. The number of hydrogen-bond donors (Lipinski definition) is 1. The topological polar surface area (TPSA) is 48.8 Å². The van der Waals surface area contributed by atoms with Gasteiger partial charge in [0.1, 0.15) is 18.2 Å². The Kier molecular flexibility index (Phi) is 5.81. The van der Waals surface area contributed by atoms with Gasteiger partial charge in [0.2, 0.25) is 0 Å². The van der Waals surface area contributed by atoms with Crippen LogP contribution in [0.25, 0.3) is 0 Å². The summed E-state index contributed by atoms with van der Waals surface area (Å²) in [6, 6.07) is 17.0. The molecule has 1 N–H and O–H groups in total. The summed E-state index contributed by atoms with van der Waals surface area (Å²) in [6.45, 7) is 4.30. The maximum atomic E-state index is 14.2. The van der Waals surface area contributed by atoms with Crippen LogP contribution < -0.4 is 9.64 Å². The fraction of sp³-hybridized carbons (Fsp3) is 0.346. The number of anilines is 1. The Hall–Kier alpha value is -2.96. The molecule has 1 fully saturated rings. The standard InChI is InChI=1S/C26H28FN3O2/c27-23-3-1-2-4-24(23)30-13-9-26(31,10-14-30)22-5-6-25-21(17-22)19-29(15-16-32-25)18-20-7-11-28-12-8-20/h1-8,11-12,17,31H,9-10,13-16,18-19H2. The van der Waals surface area contributed by atoms with E-state index in [4.69, 9.17) is 4.74 Å². The molecule has 1 aromatic heterocycles. The Morgan fingerprint density at radius 1 is 1.00 bits per heavy atom. The maximum absolute atomic E-state index is 14.2. The summed E-state index contributed by atoms with van der Waals surface area (Å²) in [7, 11) is 0. The van der Waals surface area contributed by atoms with E-state index in [-0.39, 0.29) is 5.82 Å². The minimum atomic E-state index is -0.918. The van der Waals surface area contributed by atoms with Gasteiger partial charge in [0.15, 0.2) is 0 Å². The van der Waals surface area contributed by atoms with Crippen molar-refractivity contribution < 1.29 is 14.2 Å². The van der Waals surface area contributed by atoms with E-state index in [1.807, 2.05) is 47.6 Å². The zero-order valence-corrected chi connectivity index (χ0v) is 18.1. The highest BCUT2D eigenvalue weighted by atomic mass is 19.1. The van der Waals surface area contributed by atoms with Gasteiger partial charge >= 0.3 is 0 Å². The zero-order valence-electron chi connectivity index (χ0n) is 18.1. The van der Waals surface area contributed by atoms with Crippen LogP contribution in [0.3, 0.4) is 0 Å². The molecule has 2 aliphatic heterocycles. The van der Waals surface area contributed by atoms with Crippen molar-refractivity contribution in [3.05, 3.63) is 89.5 Å². The van der Waals surface area contributed by atoms with E-state index in [2.05, 4.69) is 16.0 Å². The Morgan fingerprint density at radius 2 is 1.78 bits per heavy atom. The molecule has 0 atom stereocenters. The van der Waals surface area contributed by atoms with Crippen LogP contribution >= 0.6 is 0 Å². The van der Waals surface area contributed by atoms with Gasteiger partial charge in [0, 0.05) is 50.7 Å². The highest BCUT2D eigenvalue weighted by Crippen LogP contribution is 2.37. The van der Waals surface area contributed by atoms with Crippen molar-refractivity contribution in [3.8, 4) is 5.75 Å². The number of fused-ring (bicyclic) bond motifs is 1. The third-order valence-corrected chi connectivity index (χ3v) is 6.60. The smallest absolute Gasteiger partial charge is 0.146 e. The molecule has 0 radical (unpaired) electrons. The third-order valence-electron chi connectivity index (χ3n) is 6.60. The number of para-hydroxylation sites is 1. The molecule has 0 aliphatic carbocycles. The second-order valence-electron chi connectivity index (χ2n) is 8.71. The molecule has 6 heteroatoms. The average molecular weight is 434 g/mol. The second kappa shape index (κ2) is 8.88. The number of rotatable bonds is 4. The van der Waals surface area contributed by atoms with Gasteiger partial charge in [-0.3, -0.25) is 9.88 Å². The largest absolute Gasteiger partial charge is 0.492 e. The van der Waals surface area contributed by atoms with Crippen LogP contribution in [-0.4, -0.2) is 41.2 Å². The molecule has 0 amide bonds. The molecular weight excluding hydrogens is 405 g/mol. The van der Waals surface area contributed by atoms with Crippen LogP contribution in [0.5, 0.6) is 5.75 Å². The highest BCUT2D eigenvalue weighted by molar-refractivity contribution is 5.49. The minimum Gasteiger partial charge on any atom is -0.492 e. The first-order valence-electron chi connectivity index (χ1n) is 11.2. The van der Waals surface area contributed by atoms with Crippen LogP contribution in [0.2, 0.25) is 0 Å². The van der Waals surface area contributed by atoms with Gasteiger partial charge in [-0.1, -0.05) is 18.2 Å². The van der Waals surface area contributed by atoms with E-state index in [0.717, 1.165) is 36.5 Å². The summed E-state index contributed by atoms with van der Waals surface area (Å²) < 4.78 is 20.2. The van der Waals surface area contributed by atoms with Gasteiger partial charge in [-0.05, 0) is 60.4 Å². The van der Waals surface area contributed by atoms with Gasteiger partial charge in [-0.25, -0.2) is 4.39 Å². The third kappa shape index (κ3) is 4.33. The van der Waals surface area contributed by atoms with Crippen LogP contribution in [0.1, 0.15) is 29.5 Å². The van der Waals surface area contributed by atoms with Crippen LogP contribution in [-0.2, 0) is 18.7 Å². The van der Waals surface area contributed by atoms with Crippen molar-refractivity contribution in [2.75, 3.05) is 31.1 Å². The van der Waals surface area contributed by atoms with Crippen molar-refractivity contribution in [2.24, 2.45) is 0 Å². The van der Waals surface area contributed by atoms with Crippen molar-refractivity contribution in [1.82, 2.24) is 9.88 Å². The van der Waals surface area contributed by atoms with Crippen molar-refractivity contribution >= 4 is 5.69 Å². The number of hydrogen-bond acceptors (Lipinski definition) is 5. The van der Waals surface area contributed by atoms with Crippen LogP contribution in [0, 0.1) is 5.82 Å². The lowest BCUT2D eigenvalue weighted by atomic mass is 9.83. The molecule has 1 saturated heterocycles.